The first kappa shape index (κ1) is 17.2. The van der Waals surface area contributed by atoms with Crippen LogP contribution in [0.15, 0.2) is 48.5 Å². The van der Waals surface area contributed by atoms with Crippen molar-refractivity contribution in [2.75, 3.05) is 4.90 Å². The first-order valence-corrected chi connectivity index (χ1v) is 8.61. The standard InChI is InChI=1S/C20H18N2O5/c1-10-5-4-6-11(9-10)22-18(24)14-15(19(22)25)17(20(26)27)21-16(14)12-7-2-3-8-13(12)23/h2-9,14-17,21,23H,1H3,(H,26,27)/t14-,15+,16-,17-/m1/s1. The minimum atomic E-state index is -1.20. The second kappa shape index (κ2) is 6.21. The molecule has 2 aliphatic rings. The number of hydrogen-bond acceptors (Lipinski definition) is 5. The molecule has 2 aromatic rings. The molecule has 7 heteroatoms. The Balaban J connectivity index is 1.80. The molecular formula is C20H18N2O5. The van der Waals surface area contributed by atoms with Gasteiger partial charge in [-0.3, -0.25) is 19.7 Å². The summed E-state index contributed by atoms with van der Waals surface area (Å²) >= 11 is 0. The summed E-state index contributed by atoms with van der Waals surface area (Å²) in [6.07, 6.45) is 0. The average molecular weight is 366 g/mol. The summed E-state index contributed by atoms with van der Waals surface area (Å²) < 4.78 is 0. The number of hydrogen-bond donors (Lipinski definition) is 3. The van der Waals surface area contributed by atoms with Crippen molar-refractivity contribution in [2.45, 2.75) is 19.0 Å². The van der Waals surface area contributed by atoms with E-state index in [0.29, 0.717) is 11.3 Å². The summed E-state index contributed by atoms with van der Waals surface area (Å²) in [6.45, 7) is 1.85. The molecule has 2 aliphatic heterocycles. The number of phenols is 1. The van der Waals surface area contributed by atoms with Gasteiger partial charge in [0.25, 0.3) is 0 Å². The van der Waals surface area contributed by atoms with Crippen molar-refractivity contribution in [3.8, 4) is 5.75 Å². The molecule has 0 saturated carbocycles. The highest BCUT2D eigenvalue weighted by molar-refractivity contribution is 6.23. The molecule has 3 N–H and O–H groups in total. The number of fused-ring (bicyclic) bond motifs is 1. The molecule has 0 spiro atoms. The summed E-state index contributed by atoms with van der Waals surface area (Å²) in [4.78, 5) is 39.0. The second-order valence-electron chi connectivity index (χ2n) is 6.92. The first-order valence-electron chi connectivity index (χ1n) is 8.61. The third-order valence-electron chi connectivity index (χ3n) is 5.27. The number of imide groups is 1. The number of nitrogens with one attached hydrogen (secondary N) is 1. The molecule has 2 aromatic carbocycles. The van der Waals surface area contributed by atoms with E-state index in [1.165, 1.54) is 6.07 Å². The molecule has 2 saturated heterocycles. The van der Waals surface area contributed by atoms with Crippen LogP contribution < -0.4 is 10.2 Å². The Morgan fingerprint density at radius 2 is 1.74 bits per heavy atom. The van der Waals surface area contributed by atoms with Crippen molar-refractivity contribution in [3.63, 3.8) is 0 Å². The maximum atomic E-state index is 13.2. The highest BCUT2D eigenvalue weighted by atomic mass is 16.4. The number of phenolic OH excluding ortho intramolecular Hbond substituents is 1. The van der Waals surface area contributed by atoms with Gasteiger partial charge in [0.1, 0.15) is 11.8 Å². The smallest absolute Gasteiger partial charge is 0.321 e. The van der Waals surface area contributed by atoms with E-state index in [2.05, 4.69) is 5.32 Å². The zero-order valence-electron chi connectivity index (χ0n) is 14.5. The number of aromatic hydroxyl groups is 1. The summed E-state index contributed by atoms with van der Waals surface area (Å²) in [5.41, 5.74) is 1.72. The van der Waals surface area contributed by atoms with Gasteiger partial charge in [-0.25, -0.2) is 4.90 Å². The van der Waals surface area contributed by atoms with E-state index in [1.807, 2.05) is 13.0 Å². The predicted molar refractivity (Wildman–Crippen MR) is 96.1 cm³/mol. The molecule has 0 bridgehead atoms. The Bertz CT molecular complexity index is 957. The van der Waals surface area contributed by atoms with Crippen molar-refractivity contribution in [1.82, 2.24) is 5.32 Å². The third kappa shape index (κ3) is 2.59. The Hall–Kier alpha value is -3.19. The fraction of sp³-hybridized carbons (Fsp3) is 0.250. The monoisotopic (exact) mass is 366 g/mol. The minimum Gasteiger partial charge on any atom is -0.508 e. The molecule has 4 atom stereocenters. The molecule has 2 amide bonds. The molecule has 27 heavy (non-hydrogen) atoms. The molecule has 138 valence electrons. The van der Waals surface area contributed by atoms with Crippen molar-refractivity contribution in [1.29, 1.82) is 0 Å². The van der Waals surface area contributed by atoms with E-state index >= 15 is 0 Å². The van der Waals surface area contributed by atoms with Gasteiger partial charge >= 0.3 is 5.97 Å². The number of carboxylic acids is 1. The number of aliphatic carboxylic acids is 1. The molecule has 7 nitrogen and oxygen atoms in total. The van der Waals surface area contributed by atoms with Gasteiger partial charge in [-0.2, -0.15) is 0 Å². The van der Waals surface area contributed by atoms with E-state index in [4.69, 9.17) is 0 Å². The van der Waals surface area contributed by atoms with Crippen molar-refractivity contribution >= 4 is 23.5 Å². The van der Waals surface area contributed by atoms with Gasteiger partial charge in [-0.1, -0.05) is 30.3 Å². The number of para-hydroxylation sites is 1. The quantitative estimate of drug-likeness (QED) is 0.713. The van der Waals surface area contributed by atoms with Crippen LogP contribution >= 0.6 is 0 Å². The Morgan fingerprint density at radius 1 is 1.04 bits per heavy atom. The van der Waals surface area contributed by atoms with Gasteiger partial charge in [0.05, 0.1) is 17.5 Å². The highest BCUT2D eigenvalue weighted by Gasteiger charge is 2.61. The topological polar surface area (TPSA) is 107 Å². The van der Waals surface area contributed by atoms with Crippen LogP contribution in [0.4, 0.5) is 5.69 Å². The van der Waals surface area contributed by atoms with Gasteiger partial charge in [-0.05, 0) is 30.7 Å². The fourth-order valence-electron chi connectivity index (χ4n) is 4.09. The number of benzene rings is 2. The lowest BCUT2D eigenvalue weighted by molar-refractivity contribution is -0.142. The summed E-state index contributed by atoms with van der Waals surface area (Å²) in [5, 5.41) is 22.6. The minimum absolute atomic E-state index is 0.0472. The average Bonchev–Trinajstić information content (AvgIpc) is 3.13. The highest BCUT2D eigenvalue weighted by Crippen LogP contribution is 2.46. The normalized spacial score (nSPS) is 27.1. The number of aryl methyl sites for hydroxylation is 1. The maximum absolute atomic E-state index is 13.2. The Kier molecular flexibility index (Phi) is 3.96. The predicted octanol–water partition coefficient (Wildman–Crippen LogP) is 1.60. The number of rotatable bonds is 3. The number of amides is 2. The van der Waals surface area contributed by atoms with Crippen LogP contribution in [0.25, 0.3) is 0 Å². The van der Waals surface area contributed by atoms with Crippen molar-refractivity contribution < 1.29 is 24.6 Å². The van der Waals surface area contributed by atoms with Crippen LogP contribution in [0.3, 0.4) is 0 Å². The summed E-state index contributed by atoms with van der Waals surface area (Å²) in [5.74, 6) is -4.16. The number of carboxylic acid groups (broad SMARTS) is 1. The molecule has 0 radical (unpaired) electrons. The van der Waals surface area contributed by atoms with Gasteiger partial charge in [-0.15, -0.1) is 0 Å². The van der Waals surface area contributed by atoms with Crippen molar-refractivity contribution in [2.24, 2.45) is 11.8 Å². The van der Waals surface area contributed by atoms with Gasteiger partial charge < -0.3 is 10.2 Å². The van der Waals surface area contributed by atoms with E-state index in [9.17, 15) is 24.6 Å². The van der Waals surface area contributed by atoms with Gasteiger partial charge in [0, 0.05) is 11.6 Å². The molecule has 0 aliphatic carbocycles. The van der Waals surface area contributed by atoms with Gasteiger partial charge in [0.15, 0.2) is 0 Å². The maximum Gasteiger partial charge on any atom is 0.321 e. The first-order chi connectivity index (χ1) is 12.9. The number of carbonyl (C=O) groups is 3. The lowest BCUT2D eigenvalue weighted by Crippen LogP contribution is -2.43. The summed E-state index contributed by atoms with van der Waals surface area (Å²) in [6, 6.07) is 11.4. The van der Waals surface area contributed by atoms with E-state index < -0.39 is 41.7 Å². The van der Waals surface area contributed by atoms with Crippen LogP contribution in [0.2, 0.25) is 0 Å². The number of nitrogens with zero attached hydrogens (tertiary/aromatic N) is 1. The largest absolute Gasteiger partial charge is 0.508 e. The molecule has 4 rings (SSSR count). The zero-order valence-corrected chi connectivity index (χ0v) is 14.5. The Labute approximate surface area is 155 Å². The zero-order chi connectivity index (χ0) is 19.3. The lowest BCUT2D eigenvalue weighted by Gasteiger charge is -2.22. The molecule has 0 unspecified atom stereocenters. The summed E-state index contributed by atoms with van der Waals surface area (Å²) in [7, 11) is 0. The number of carbonyl (C=O) groups excluding carboxylic acids is 2. The second-order valence-corrected chi connectivity index (χ2v) is 6.92. The molecule has 0 aromatic heterocycles. The van der Waals surface area contributed by atoms with E-state index in [-0.39, 0.29) is 5.75 Å². The SMILES string of the molecule is Cc1cccc(N2C(=O)[C@@H]3[C@H](C2=O)[C@H](C(=O)O)N[C@@H]3c2ccccc2O)c1. The number of anilines is 1. The molecule has 2 heterocycles. The van der Waals surface area contributed by atoms with Crippen LogP contribution in [0, 0.1) is 18.8 Å². The van der Waals surface area contributed by atoms with Crippen LogP contribution in [-0.4, -0.2) is 34.0 Å². The van der Waals surface area contributed by atoms with Crippen molar-refractivity contribution in [3.05, 3.63) is 59.7 Å². The lowest BCUT2D eigenvalue weighted by atomic mass is 9.86. The van der Waals surface area contributed by atoms with E-state index in [0.717, 1.165) is 10.5 Å². The Morgan fingerprint density at radius 3 is 2.41 bits per heavy atom. The van der Waals surface area contributed by atoms with Crippen LogP contribution in [0.5, 0.6) is 5.75 Å². The van der Waals surface area contributed by atoms with Crippen LogP contribution in [-0.2, 0) is 14.4 Å². The van der Waals surface area contributed by atoms with E-state index in [1.54, 1.807) is 36.4 Å². The fourth-order valence-corrected chi connectivity index (χ4v) is 4.09. The third-order valence-corrected chi connectivity index (χ3v) is 5.27. The van der Waals surface area contributed by atoms with Gasteiger partial charge in [0.2, 0.25) is 11.8 Å². The molecular weight excluding hydrogens is 348 g/mol. The van der Waals surface area contributed by atoms with Crippen LogP contribution in [0.1, 0.15) is 17.2 Å². The molecule has 2 fully saturated rings.